The van der Waals surface area contributed by atoms with E-state index in [-0.39, 0.29) is 6.61 Å². The first-order chi connectivity index (χ1) is 14.3. The average molecular weight is 480 g/mol. The monoisotopic (exact) mass is 479 g/mol. The zero-order valence-electron chi connectivity index (χ0n) is 17.4. The van der Waals surface area contributed by atoms with Gasteiger partial charge in [0.1, 0.15) is 18.5 Å². The third-order valence-electron chi connectivity index (χ3n) is 4.75. The van der Waals surface area contributed by atoms with Crippen molar-refractivity contribution in [3.05, 3.63) is 52.0 Å². The Bertz CT molecular complexity index is 902. The highest BCUT2D eigenvalue weighted by molar-refractivity contribution is 9.10. The van der Waals surface area contributed by atoms with Gasteiger partial charge in [0.2, 0.25) is 0 Å². The second-order valence-electron chi connectivity index (χ2n) is 7.43. The van der Waals surface area contributed by atoms with Crippen molar-refractivity contribution in [1.29, 1.82) is 0 Å². The molecule has 2 N–H and O–H groups in total. The van der Waals surface area contributed by atoms with Gasteiger partial charge in [0.05, 0.1) is 19.4 Å². The number of nitrogens with one attached hydrogen (secondary N) is 1. The lowest BCUT2D eigenvalue weighted by molar-refractivity contribution is -0.155. The first kappa shape index (κ1) is 22.6. The van der Waals surface area contributed by atoms with Gasteiger partial charge in [-0.25, -0.2) is 0 Å². The molecule has 1 heterocycles. The number of amides is 1. The quantitative estimate of drug-likeness (QED) is 0.627. The molecule has 0 aliphatic carbocycles. The van der Waals surface area contributed by atoms with Crippen molar-refractivity contribution < 1.29 is 28.8 Å². The van der Waals surface area contributed by atoms with Crippen LogP contribution in [0.25, 0.3) is 0 Å². The summed E-state index contributed by atoms with van der Waals surface area (Å²) in [7, 11) is 1.58. The molecule has 2 atom stereocenters. The van der Waals surface area contributed by atoms with Gasteiger partial charge >= 0.3 is 0 Å². The van der Waals surface area contributed by atoms with Crippen LogP contribution in [-0.2, 0) is 20.9 Å². The predicted octanol–water partition coefficient (Wildman–Crippen LogP) is 3.80. The molecule has 0 spiro atoms. The molecule has 1 amide bonds. The van der Waals surface area contributed by atoms with E-state index >= 15 is 0 Å². The number of hydrogen-bond acceptors (Lipinski definition) is 6. The fourth-order valence-corrected chi connectivity index (χ4v) is 3.81. The number of carbonyl (C=O) groups is 1. The smallest absolute Gasteiger partial charge is 0.256 e. The molecule has 0 unspecified atom stereocenters. The van der Waals surface area contributed by atoms with E-state index in [9.17, 15) is 9.90 Å². The molecular weight excluding hydrogens is 454 g/mol. The molecule has 1 saturated heterocycles. The summed E-state index contributed by atoms with van der Waals surface area (Å²) in [6.07, 6.45) is -1.71. The Labute approximate surface area is 184 Å². The standard InChI is InChI=1S/C22H26BrNO6/c1-13-16(27-4)10-15(23)18(19(13)28-12-14-8-6-5-7-9-14)24-21(26)20-17(11-25)29-22(2,3)30-20/h5-10,17,20,25H,11-12H2,1-4H3,(H,24,26)/t17-,20-/m1/s1. The topological polar surface area (TPSA) is 86.3 Å². The van der Waals surface area contributed by atoms with Crippen LogP contribution in [0.15, 0.2) is 40.9 Å². The Kier molecular flexibility index (Phi) is 7.02. The highest BCUT2D eigenvalue weighted by Gasteiger charge is 2.45. The van der Waals surface area contributed by atoms with E-state index in [0.717, 1.165) is 11.1 Å². The predicted molar refractivity (Wildman–Crippen MR) is 116 cm³/mol. The Balaban J connectivity index is 1.89. The molecule has 1 aliphatic heterocycles. The van der Waals surface area contributed by atoms with Crippen LogP contribution in [0.3, 0.4) is 0 Å². The molecule has 1 fully saturated rings. The van der Waals surface area contributed by atoms with Crippen molar-refractivity contribution in [2.24, 2.45) is 0 Å². The maximum absolute atomic E-state index is 13.0. The highest BCUT2D eigenvalue weighted by Crippen LogP contribution is 2.42. The van der Waals surface area contributed by atoms with Gasteiger partial charge < -0.3 is 29.4 Å². The van der Waals surface area contributed by atoms with Crippen LogP contribution in [0.5, 0.6) is 11.5 Å². The van der Waals surface area contributed by atoms with Crippen molar-refractivity contribution >= 4 is 27.5 Å². The van der Waals surface area contributed by atoms with Crippen LogP contribution in [0.4, 0.5) is 5.69 Å². The van der Waals surface area contributed by atoms with Crippen LogP contribution in [-0.4, -0.2) is 42.7 Å². The lowest BCUT2D eigenvalue weighted by Crippen LogP contribution is -2.38. The number of halogens is 1. The van der Waals surface area contributed by atoms with Gasteiger partial charge in [-0.1, -0.05) is 30.3 Å². The second-order valence-corrected chi connectivity index (χ2v) is 8.28. The molecule has 0 aromatic heterocycles. The highest BCUT2D eigenvalue weighted by atomic mass is 79.9. The van der Waals surface area contributed by atoms with E-state index < -0.39 is 23.9 Å². The molecule has 0 radical (unpaired) electrons. The lowest BCUT2D eigenvalue weighted by Gasteiger charge is -2.21. The SMILES string of the molecule is COc1cc(Br)c(NC(=O)[C@@H]2OC(C)(C)O[C@@H]2CO)c(OCc2ccccc2)c1C. The summed E-state index contributed by atoms with van der Waals surface area (Å²) in [6.45, 7) is 5.24. The second kappa shape index (κ2) is 9.34. The van der Waals surface area contributed by atoms with Crippen molar-refractivity contribution in [2.45, 2.75) is 45.4 Å². The third-order valence-corrected chi connectivity index (χ3v) is 5.38. The van der Waals surface area contributed by atoms with Crippen LogP contribution in [0.2, 0.25) is 0 Å². The Hall–Kier alpha value is -2.13. The van der Waals surface area contributed by atoms with Gasteiger partial charge in [0.25, 0.3) is 5.91 Å². The maximum Gasteiger partial charge on any atom is 0.256 e. The first-order valence-corrected chi connectivity index (χ1v) is 10.4. The largest absolute Gasteiger partial charge is 0.496 e. The van der Waals surface area contributed by atoms with Crippen LogP contribution < -0.4 is 14.8 Å². The third kappa shape index (κ3) is 4.95. The zero-order chi connectivity index (χ0) is 21.9. The molecule has 2 aromatic rings. The number of rotatable bonds is 7. The summed E-state index contributed by atoms with van der Waals surface area (Å²) >= 11 is 3.49. The van der Waals surface area contributed by atoms with Gasteiger partial charge in [0, 0.05) is 10.0 Å². The number of hydrogen-bond donors (Lipinski definition) is 2. The van der Waals surface area contributed by atoms with Crippen LogP contribution in [0, 0.1) is 6.92 Å². The number of anilines is 1. The van der Waals surface area contributed by atoms with Crippen LogP contribution >= 0.6 is 15.9 Å². The van der Waals surface area contributed by atoms with Gasteiger partial charge in [-0.3, -0.25) is 4.79 Å². The fraction of sp³-hybridized carbons (Fsp3) is 0.409. The number of methoxy groups -OCH3 is 1. The van der Waals surface area contributed by atoms with E-state index in [2.05, 4.69) is 21.2 Å². The molecule has 0 saturated carbocycles. The van der Waals surface area contributed by atoms with Gasteiger partial charge in [-0.2, -0.15) is 0 Å². The number of aliphatic hydroxyl groups is 1. The molecule has 0 bridgehead atoms. The summed E-state index contributed by atoms with van der Waals surface area (Å²) in [5, 5.41) is 12.4. The molecule has 162 valence electrons. The zero-order valence-corrected chi connectivity index (χ0v) is 19.0. The Morgan fingerprint density at radius 1 is 1.27 bits per heavy atom. The minimum atomic E-state index is -0.963. The Morgan fingerprint density at radius 2 is 1.97 bits per heavy atom. The van der Waals surface area contributed by atoms with Crippen molar-refractivity contribution in [3.8, 4) is 11.5 Å². The minimum absolute atomic E-state index is 0.319. The van der Waals surface area contributed by atoms with E-state index in [1.54, 1.807) is 27.0 Å². The van der Waals surface area contributed by atoms with E-state index in [4.69, 9.17) is 18.9 Å². The van der Waals surface area contributed by atoms with Gasteiger partial charge in [0.15, 0.2) is 17.6 Å². The molecular formula is C22H26BrNO6. The molecule has 7 nitrogen and oxygen atoms in total. The summed E-state index contributed by atoms with van der Waals surface area (Å²) in [6, 6.07) is 11.5. The summed E-state index contributed by atoms with van der Waals surface area (Å²) in [5.74, 6) is -0.292. The van der Waals surface area contributed by atoms with Gasteiger partial charge in [-0.15, -0.1) is 0 Å². The summed E-state index contributed by atoms with van der Waals surface area (Å²) in [5.41, 5.74) is 2.19. The molecule has 30 heavy (non-hydrogen) atoms. The Morgan fingerprint density at radius 3 is 2.60 bits per heavy atom. The first-order valence-electron chi connectivity index (χ1n) is 9.57. The normalized spacial score (nSPS) is 20.1. The molecule has 2 aromatic carbocycles. The van der Waals surface area contributed by atoms with Crippen LogP contribution in [0.1, 0.15) is 25.0 Å². The average Bonchev–Trinajstić information content (AvgIpc) is 3.05. The summed E-state index contributed by atoms with van der Waals surface area (Å²) in [4.78, 5) is 13.0. The van der Waals surface area contributed by atoms with E-state index in [1.807, 2.05) is 37.3 Å². The van der Waals surface area contributed by atoms with E-state index in [0.29, 0.717) is 28.3 Å². The number of aliphatic hydroxyl groups excluding tert-OH is 1. The van der Waals surface area contributed by atoms with Crippen molar-refractivity contribution in [2.75, 3.05) is 19.0 Å². The van der Waals surface area contributed by atoms with Crippen molar-refractivity contribution in [1.82, 2.24) is 0 Å². The minimum Gasteiger partial charge on any atom is -0.496 e. The number of benzene rings is 2. The number of carbonyl (C=O) groups excluding carboxylic acids is 1. The van der Waals surface area contributed by atoms with E-state index in [1.165, 1.54) is 0 Å². The number of ether oxygens (including phenoxy) is 4. The van der Waals surface area contributed by atoms with Crippen molar-refractivity contribution in [3.63, 3.8) is 0 Å². The molecule has 3 rings (SSSR count). The molecule has 1 aliphatic rings. The van der Waals surface area contributed by atoms with Gasteiger partial charge in [-0.05, 0) is 48.3 Å². The fourth-order valence-electron chi connectivity index (χ4n) is 3.33. The lowest BCUT2D eigenvalue weighted by atomic mass is 10.1. The molecule has 8 heteroatoms. The maximum atomic E-state index is 13.0. The summed E-state index contributed by atoms with van der Waals surface area (Å²) < 4.78 is 23.4.